The van der Waals surface area contributed by atoms with Crippen molar-refractivity contribution in [2.45, 2.75) is 6.18 Å². The number of hydrogen-bond donors (Lipinski definition) is 0. The number of alkyl halides is 3. The van der Waals surface area contributed by atoms with E-state index in [1.54, 1.807) is 0 Å². The molecule has 0 saturated heterocycles. The highest BCUT2D eigenvalue weighted by Crippen LogP contribution is 2.33. The third-order valence-electron chi connectivity index (χ3n) is 1.61. The standard InChI is InChI=1S/C7H3F3N2OS/c8-7(9,10)5-6-12(3-11-5)1-4(2-13)14-6/h1-3H. The maximum Gasteiger partial charge on any atom is 0.436 e. The Balaban J connectivity index is 2.67. The summed E-state index contributed by atoms with van der Waals surface area (Å²) in [6.45, 7) is 0. The van der Waals surface area contributed by atoms with Crippen LogP contribution in [-0.4, -0.2) is 15.7 Å². The molecular weight excluding hydrogens is 217 g/mol. The molecule has 0 spiro atoms. The quantitative estimate of drug-likeness (QED) is 0.690. The highest BCUT2D eigenvalue weighted by Gasteiger charge is 2.36. The van der Waals surface area contributed by atoms with Crippen molar-refractivity contribution in [3.63, 3.8) is 0 Å². The first-order valence-electron chi connectivity index (χ1n) is 3.51. The van der Waals surface area contributed by atoms with Gasteiger partial charge < -0.3 is 0 Å². The van der Waals surface area contributed by atoms with Crippen molar-refractivity contribution in [3.8, 4) is 0 Å². The van der Waals surface area contributed by atoms with Crippen LogP contribution in [0.15, 0.2) is 12.5 Å². The molecule has 2 rings (SSSR count). The zero-order valence-electron chi connectivity index (χ0n) is 6.58. The third-order valence-corrected chi connectivity index (χ3v) is 2.65. The number of hydrogen-bond acceptors (Lipinski definition) is 3. The van der Waals surface area contributed by atoms with Crippen LogP contribution in [0.5, 0.6) is 0 Å². The molecule has 0 bridgehead atoms. The van der Waals surface area contributed by atoms with E-state index in [-0.39, 0.29) is 9.71 Å². The Hall–Kier alpha value is -1.37. The molecular formula is C7H3F3N2OS. The SMILES string of the molecule is O=Cc1cn2cnc(C(F)(F)F)c2s1. The van der Waals surface area contributed by atoms with Crippen LogP contribution in [0.1, 0.15) is 15.4 Å². The van der Waals surface area contributed by atoms with Crippen molar-refractivity contribution in [1.82, 2.24) is 9.38 Å². The van der Waals surface area contributed by atoms with Gasteiger partial charge in [0.25, 0.3) is 0 Å². The Kier molecular flexibility index (Phi) is 1.84. The molecule has 0 aromatic carbocycles. The number of aldehydes is 1. The Morgan fingerprint density at radius 1 is 1.50 bits per heavy atom. The second-order valence-electron chi connectivity index (χ2n) is 2.55. The molecule has 0 unspecified atom stereocenters. The van der Waals surface area contributed by atoms with Gasteiger partial charge in [-0.3, -0.25) is 9.20 Å². The minimum Gasteiger partial charge on any atom is -0.297 e. The van der Waals surface area contributed by atoms with Crippen LogP contribution in [0.2, 0.25) is 0 Å². The Morgan fingerprint density at radius 2 is 2.21 bits per heavy atom. The van der Waals surface area contributed by atoms with Gasteiger partial charge in [-0.2, -0.15) is 13.2 Å². The van der Waals surface area contributed by atoms with Gasteiger partial charge in [0.15, 0.2) is 12.0 Å². The molecule has 74 valence electrons. The van der Waals surface area contributed by atoms with E-state index in [2.05, 4.69) is 4.98 Å². The summed E-state index contributed by atoms with van der Waals surface area (Å²) in [7, 11) is 0. The van der Waals surface area contributed by atoms with Gasteiger partial charge in [-0.05, 0) is 0 Å². The van der Waals surface area contributed by atoms with Gasteiger partial charge >= 0.3 is 6.18 Å². The third kappa shape index (κ3) is 1.29. The van der Waals surface area contributed by atoms with E-state index in [4.69, 9.17) is 0 Å². The van der Waals surface area contributed by atoms with Crippen LogP contribution in [0, 0.1) is 0 Å². The summed E-state index contributed by atoms with van der Waals surface area (Å²) in [5, 5.41) is 0. The number of fused-ring (bicyclic) bond motifs is 1. The lowest BCUT2D eigenvalue weighted by molar-refractivity contribution is -0.139. The van der Waals surface area contributed by atoms with Gasteiger partial charge in [-0.15, -0.1) is 11.3 Å². The summed E-state index contributed by atoms with van der Waals surface area (Å²) in [5.74, 6) is 0. The number of thiazole rings is 1. The monoisotopic (exact) mass is 220 g/mol. The van der Waals surface area contributed by atoms with E-state index in [1.165, 1.54) is 10.6 Å². The van der Waals surface area contributed by atoms with Gasteiger partial charge in [0.2, 0.25) is 0 Å². The minimum absolute atomic E-state index is 0.0559. The maximum absolute atomic E-state index is 12.3. The van der Waals surface area contributed by atoms with Crippen LogP contribution < -0.4 is 0 Å². The Morgan fingerprint density at radius 3 is 2.79 bits per heavy atom. The van der Waals surface area contributed by atoms with Gasteiger partial charge in [0, 0.05) is 6.20 Å². The molecule has 0 aliphatic heterocycles. The second-order valence-corrected chi connectivity index (χ2v) is 3.62. The molecule has 2 heterocycles. The van der Waals surface area contributed by atoms with Crippen molar-refractivity contribution >= 4 is 22.5 Å². The number of nitrogens with zero attached hydrogens (tertiary/aromatic N) is 2. The summed E-state index contributed by atoms with van der Waals surface area (Å²) in [5.41, 5.74) is -0.949. The van der Waals surface area contributed by atoms with E-state index in [0.717, 1.165) is 17.7 Å². The van der Waals surface area contributed by atoms with Crippen LogP contribution in [0.4, 0.5) is 13.2 Å². The van der Waals surface area contributed by atoms with Crippen LogP contribution in [0.25, 0.3) is 4.83 Å². The highest BCUT2D eigenvalue weighted by molar-refractivity contribution is 7.19. The summed E-state index contributed by atoms with van der Waals surface area (Å²) in [4.78, 5) is 13.8. The molecule has 0 amide bonds. The molecule has 2 aromatic heterocycles. The molecule has 7 heteroatoms. The molecule has 3 nitrogen and oxygen atoms in total. The molecule has 0 aliphatic carbocycles. The van der Waals surface area contributed by atoms with E-state index in [9.17, 15) is 18.0 Å². The van der Waals surface area contributed by atoms with Crippen molar-refractivity contribution in [2.75, 3.05) is 0 Å². The van der Waals surface area contributed by atoms with E-state index in [1.807, 2.05) is 0 Å². The molecule has 0 atom stereocenters. The molecule has 0 saturated carbocycles. The minimum atomic E-state index is -4.47. The molecule has 0 radical (unpaired) electrons. The second kappa shape index (κ2) is 2.81. The predicted octanol–water partition coefficient (Wildman–Crippen LogP) is 2.23. The number of carbonyl (C=O) groups excluding carboxylic acids is 1. The summed E-state index contributed by atoms with van der Waals surface area (Å²) in [6, 6.07) is 0. The van der Waals surface area contributed by atoms with E-state index < -0.39 is 11.9 Å². The maximum atomic E-state index is 12.3. The normalized spacial score (nSPS) is 12.2. The van der Waals surface area contributed by atoms with Crippen molar-refractivity contribution in [1.29, 1.82) is 0 Å². The first-order valence-corrected chi connectivity index (χ1v) is 4.33. The molecule has 0 fully saturated rings. The summed E-state index contributed by atoms with van der Waals surface area (Å²) < 4.78 is 38.1. The van der Waals surface area contributed by atoms with Crippen LogP contribution in [-0.2, 0) is 6.18 Å². The number of rotatable bonds is 1. The molecule has 14 heavy (non-hydrogen) atoms. The Bertz CT molecular complexity index is 485. The largest absolute Gasteiger partial charge is 0.436 e. The fourth-order valence-corrected chi connectivity index (χ4v) is 1.97. The lowest BCUT2D eigenvalue weighted by Crippen LogP contribution is -2.05. The lowest BCUT2D eigenvalue weighted by Gasteiger charge is -1.99. The smallest absolute Gasteiger partial charge is 0.297 e. The van der Waals surface area contributed by atoms with Gasteiger partial charge in [-0.1, -0.05) is 0 Å². The number of carbonyl (C=O) groups is 1. The highest BCUT2D eigenvalue weighted by atomic mass is 32.1. The lowest BCUT2D eigenvalue weighted by atomic mass is 10.5. The predicted molar refractivity (Wildman–Crippen MR) is 43.5 cm³/mol. The average Bonchev–Trinajstić information content (AvgIpc) is 2.57. The molecule has 2 aromatic rings. The molecule has 0 aliphatic rings. The summed E-state index contributed by atoms with van der Waals surface area (Å²) in [6.07, 6.45) is -1.60. The van der Waals surface area contributed by atoms with E-state index >= 15 is 0 Å². The Labute approximate surface area is 79.8 Å². The first-order chi connectivity index (χ1) is 6.52. The van der Waals surface area contributed by atoms with Gasteiger partial charge in [-0.25, -0.2) is 4.98 Å². The number of aromatic nitrogens is 2. The summed E-state index contributed by atoms with van der Waals surface area (Å²) >= 11 is 0.770. The zero-order chi connectivity index (χ0) is 10.3. The van der Waals surface area contributed by atoms with Crippen molar-refractivity contribution in [3.05, 3.63) is 23.1 Å². The topological polar surface area (TPSA) is 34.4 Å². The number of halogens is 3. The van der Waals surface area contributed by atoms with Crippen LogP contribution >= 0.6 is 11.3 Å². The fraction of sp³-hybridized carbons (Fsp3) is 0.143. The van der Waals surface area contributed by atoms with Crippen molar-refractivity contribution < 1.29 is 18.0 Å². The van der Waals surface area contributed by atoms with Gasteiger partial charge in [0.05, 0.1) is 4.88 Å². The molecule has 0 N–H and O–H groups in total. The van der Waals surface area contributed by atoms with E-state index in [0.29, 0.717) is 6.29 Å². The van der Waals surface area contributed by atoms with Crippen molar-refractivity contribution in [2.24, 2.45) is 0 Å². The zero-order valence-corrected chi connectivity index (χ0v) is 7.39. The first kappa shape index (κ1) is 9.20. The number of imidazole rings is 1. The fourth-order valence-electron chi connectivity index (χ4n) is 1.07. The average molecular weight is 220 g/mol. The van der Waals surface area contributed by atoms with Crippen LogP contribution in [0.3, 0.4) is 0 Å². The van der Waals surface area contributed by atoms with Gasteiger partial charge in [0.1, 0.15) is 11.2 Å².